The number of ether oxygens (including phenoxy) is 1. The minimum atomic E-state index is -0.988. The van der Waals surface area contributed by atoms with Gasteiger partial charge in [-0.25, -0.2) is 9.18 Å². The summed E-state index contributed by atoms with van der Waals surface area (Å²) < 4.78 is 20.1. The smallest absolute Gasteiger partial charge is 0.417 e. The second kappa shape index (κ2) is 8.03. The molecule has 0 aliphatic carbocycles. The van der Waals surface area contributed by atoms with Crippen LogP contribution in [0.1, 0.15) is 43.6 Å². The third kappa shape index (κ3) is 6.80. The minimum Gasteiger partial charge on any atom is -0.481 e. The van der Waals surface area contributed by atoms with Gasteiger partial charge < -0.3 is 9.84 Å². The number of carbonyl (C=O) groups excluding carboxylic acids is 1. The molecule has 1 amide bonds. The number of rotatable bonds is 6. The SMILES string of the molecule is CC(C)(C)OC(=O)NSC(CC(=O)O)c1ccc(CF)cc1. The zero-order valence-electron chi connectivity index (χ0n) is 12.8. The van der Waals surface area contributed by atoms with Crippen molar-refractivity contribution < 1.29 is 23.8 Å². The van der Waals surface area contributed by atoms with E-state index >= 15 is 0 Å². The molecular weight excluding hydrogens is 309 g/mol. The van der Waals surface area contributed by atoms with Gasteiger partial charge in [0.2, 0.25) is 0 Å². The average molecular weight is 329 g/mol. The molecule has 1 aromatic rings. The Bertz CT molecular complexity index is 513. The van der Waals surface area contributed by atoms with Gasteiger partial charge in [0.25, 0.3) is 0 Å². The number of aliphatic carboxylic acids is 1. The number of halogens is 1. The number of carbonyl (C=O) groups is 2. The first kappa shape index (κ1) is 18.3. The van der Waals surface area contributed by atoms with Crippen LogP contribution in [0.5, 0.6) is 0 Å². The second-order valence-corrected chi connectivity index (χ2v) is 6.69. The first-order valence-corrected chi connectivity index (χ1v) is 7.60. The molecule has 0 fully saturated rings. The van der Waals surface area contributed by atoms with Crippen molar-refractivity contribution in [3.63, 3.8) is 0 Å². The highest BCUT2D eigenvalue weighted by atomic mass is 32.2. The minimum absolute atomic E-state index is 0.171. The highest BCUT2D eigenvalue weighted by molar-refractivity contribution is 7.98. The molecule has 2 N–H and O–H groups in total. The van der Waals surface area contributed by atoms with Crippen LogP contribution in [0.3, 0.4) is 0 Å². The summed E-state index contributed by atoms with van der Waals surface area (Å²) >= 11 is 0.966. The van der Waals surface area contributed by atoms with Gasteiger partial charge in [-0.1, -0.05) is 24.3 Å². The molecule has 0 aromatic heterocycles. The van der Waals surface area contributed by atoms with Crippen LogP contribution in [-0.2, 0) is 16.2 Å². The van der Waals surface area contributed by atoms with Gasteiger partial charge in [-0.05, 0) is 43.8 Å². The van der Waals surface area contributed by atoms with E-state index in [0.717, 1.165) is 11.9 Å². The monoisotopic (exact) mass is 329 g/mol. The molecule has 0 aliphatic rings. The highest BCUT2D eigenvalue weighted by Crippen LogP contribution is 2.30. The summed E-state index contributed by atoms with van der Waals surface area (Å²) in [6.07, 6.45) is -0.802. The summed E-state index contributed by atoms with van der Waals surface area (Å²) in [7, 11) is 0. The number of carboxylic acid groups (broad SMARTS) is 1. The lowest BCUT2D eigenvalue weighted by Gasteiger charge is -2.21. The van der Waals surface area contributed by atoms with Crippen molar-refractivity contribution in [2.24, 2.45) is 0 Å². The van der Waals surface area contributed by atoms with E-state index in [0.29, 0.717) is 11.1 Å². The van der Waals surface area contributed by atoms with Crippen LogP contribution in [0.2, 0.25) is 0 Å². The van der Waals surface area contributed by atoms with E-state index in [1.54, 1.807) is 45.0 Å². The van der Waals surface area contributed by atoms with Gasteiger partial charge in [0.1, 0.15) is 12.3 Å². The third-order valence-electron chi connectivity index (χ3n) is 2.55. The van der Waals surface area contributed by atoms with Crippen molar-refractivity contribution in [1.82, 2.24) is 4.72 Å². The first-order chi connectivity index (χ1) is 10.2. The quantitative estimate of drug-likeness (QED) is 0.775. The van der Waals surface area contributed by atoms with E-state index in [-0.39, 0.29) is 6.42 Å². The van der Waals surface area contributed by atoms with E-state index in [9.17, 15) is 14.0 Å². The molecule has 0 heterocycles. The van der Waals surface area contributed by atoms with Crippen molar-refractivity contribution in [2.75, 3.05) is 0 Å². The van der Waals surface area contributed by atoms with Crippen molar-refractivity contribution in [3.05, 3.63) is 35.4 Å². The summed E-state index contributed by atoms with van der Waals surface area (Å²) in [5.41, 5.74) is 0.582. The van der Waals surface area contributed by atoms with Gasteiger partial charge in [-0.15, -0.1) is 0 Å². The predicted molar refractivity (Wildman–Crippen MR) is 83.2 cm³/mol. The summed E-state index contributed by atoms with van der Waals surface area (Å²) in [6.45, 7) is 4.64. The largest absolute Gasteiger partial charge is 0.481 e. The highest BCUT2D eigenvalue weighted by Gasteiger charge is 2.21. The molecule has 0 spiro atoms. The first-order valence-electron chi connectivity index (χ1n) is 6.72. The lowest BCUT2D eigenvalue weighted by atomic mass is 10.1. The Hall–Kier alpha value is -1.76. The maximum Gasteiger partial charge on any atom is 0.417 e. The van der Waals surface area contributed by atoms with Crippen molar-refractivity contribution in [1.29, 1.82) is 0 Å². The number of carboxylic acids is 1. The Labute approximate surface area is 133 Å². The van der Waals surface area contributed by atoms with Crippen LogP contribution >= 0.6 is 11.9 Å². The Morgan fingerprint density at radius 3 is 2.36 bits per heavy atom. The van der Waals surface area contributed by atoms with Crippen molar-refractivity contribution >= 4 is 24.0 Å². The molecule has 1 atom stereocenters. The summed E-state index contributed by atoms with van der Waals surface area (Å²) in [6, 6.07) is 6.51. The molecule has 0 aliphatic heterocycles. The molecule has 0 saturated carbocycles. The number of alkyl halides is 1. The average Bonchev–Trinajstić information content (AvgIpc) is 2.41. The molecule has 1 unspecified atom stereocenters. The van der Waals surface area contributed by atoms with Gasteiger partial charge in [-0.3, -0.25) is 9.52 Å². The fraction of sp³-hybridized carbons (Fsp3) is 0.467. The summed E-state index contributed by atoms with van der Waals surface area (Å²) in [5.74, 6) is -0.988. The Morgan fingerprint density at radius 1 is 1.32 bits per heavy atom. The van der Waals surface area contributed by atoms with E-state index in [4.69, 9.17) is 9.84 Å². The Morgan fingerprint density at radius 2 is 1.91 bits per heavy atom. The predicted octanol–water partition coefficient (Wildman–Crippen LogP) is 3.84. The van der Waals surface area contributed by atoms with Crippen LogP contribution in [0.15, 0.2) is 24.3 Å². The van der Waals surface area contributed by atoms with Crippen LogP contribution in [0, 0.1) is 0 Å². The number of amides is 1. The fourth-order valence-corrected chi connectivity index (χ4v) is 2.42. The zero-order chi connectivity index (χ0) is 16.8. The van der Waals surface area contributed by atoms with Crippen LogP contribution in [0.25, 0.3) is 0 Å². The van der Waals surface area contributed by atoms with Gasteiger partial charge in [-0.2, -0.15) is 0 Å². The van der Waals surface area contributed by atoms with Gasteiger partial charge in [0, 0.05) is 0 Å². The lowest BCUT2D eigenvalue weighted by Crippen LogP contribution is -2.29. The fourth-order valence-electron chi connectivity index (χ4n) is 1.63. The standard InChI is InChI=1S/C15H20FNO4S/c1-15(2,3)21-14(20)17-22-12(8-13(18)19)11-6-4-10(9-16)5-7-11/h4-7,12H,8-9H2,1-3H3,(H,17,20)(H,18,19). The topological polar surface area (TPSA) is 75.6 Å². The molecule has 1 aromatic carbocycles. The van der Waals surface area contributed by atoms with Crippen molar-refractivity contribution in [3.8, 4) is 0 Å². The Balaban J connectivity index is 2.71. The lowest BCUT2D eigenvalue weighted by molar-refractivity contribution is -0.137. The molecule has 0 radical (unpaired) electrons. The normalized spacial score (nSPS) is 12.5. The van der Waals surface area contributed by atoms with Gasteiger partial charge >= 0.3 is 12.1 Å². The molecule has 5 nitrogen and oxygen atoms in total. The van der Waals surface area contributed by atoms with E-state index < -0.39 is 29.6 Å². The molecule has 122 valence electrons. The van der Waals surface area contributed by atoms with Crippen LogP contribution in [-0.4, -0.2) is 22.8 Å². The summed E-state index contributed by atoms with van der Waals surface area (Å²) in [5, 5.41) is 8.49. The maximum absolute atomic E-state index is 12.5. The maximum atomic E-state index is 12.5. The molecule has 1 rings (SSSR count). The Kier molecular flexibility index (Phi) is 6.67. The zero-order valence-corrected chi connectivity index (χ0v) is 13.6. The van der Waals surface area contributed by atoms with Crippen molar-refractivity contribution in [2.45, 2.75) is 44.7 Å². The van der Waals surface area contributed by atoms with Crippen LogP contribution < -0.4 is 4.72 Å². The van der Waals surface area contributed by atoms with Gasteiger partial charge in [0.05, 0.1) is 11.7 Å². The van der Waals surface area contributed by atoms with E-state index in [2.05, 4.69) is 4.72 Å². The number of nitrogens with one attached hydrogen (secondary N) is 1. The summed E-state index contributed by atoms with van der Waals surface area (Å²) in [4.78, 5) is 22.6. The van der Waals surface area contributed by atoms with E-state index in [1.165, 1.54) is 0 Å². The second-order valence-electron chi connectivity index (χ2n) is 5.68. The van der Waals surface area contributed by atoms with E-state index in [1.807, 2.05) is 0 Å². The number of benzene rings is 1. The van der Waals surface area contributed by atoms with Gasteiger partial charge in [0.15, 0.2) is 0 Å². The molecule has 0 bridgehead atoms. The molecule has 7 heteroatoms. The number of hydrogen-bond donors (Lipinski definition) is 2. The molecule has 22 heavy (non-hydrogen) atoms. The molecule has 0 saturated heterocycles. The number of hydrogen-bond acceptors (Lipinski definition) is 4. The molecular formula is C15H20FNO4S. The van der Waals surface area contributed by atoms with Crippen LogP contribution in [0.4, 0.5) is 9.18 Å². The third-order valence-corrected chi connectivity index (χ3v) is 3.56.